The first-order chi connectivity index (χ1) is 12.5. The van der Waals surface area contributed by atoms with Gasteiger partial charge in [0.25, 0.3) is 0 Å². The van der Waals surface area contributed by atoms with Gasteiger partial charge in [0.2, 0.25) is 15.9 Å². The van der Waals surface area contributed by atoms with Crippen LogP contribution in [-0.2, 0) is 21.0 Å². The summed E-state index contributed by atoms with van der Waals surface area (Å²) in [5.41, 5.74) is -0.696. The van der Waals surface area contributed by atoms with Crippen molar-refractivity contribution in [2.24, 2.45) is 0 Å². The Balaban J connectivity index is 2.09. The molecule has 2 aromatic carbocycles. The molecular weight excluding hydrogens is 449 g/mol. The summed E-state index contributed by atoms with van der Waals surface area (Å²) in [5, 5.41) is 2.40. The van der Waals surface area contributed by atoms with Gasteiger partial charge in [0, 0.05) is 16.7 Å². The number of anilines is 1. The molecule has 0 saturated carbocycles. The summed E-state index contributed by atoms with van der Waals surface area (Å²) in [6.45, 7) is 1.18. The average Bonchev–Trinajstić information content (AvgIpc) is 2.59. The molecule has 0 fully saturated rings. The average molecular weight is 465 g/mol. The highest BCUT2D eigenvalue weighted by atomic mass is 79.9. The Labute approximate surface area is 163 Å². The van der Waals surface area contributed by atoms with Gasteiger partial charge in [0.15, 0.2) is 0 Å². The van der Waals surface area contributed by atoms with Crippen molar-refractivity contribution in [1.82, 2.24) is 4.31 Å². The quantitative estimate of drug-likeness (QED) is 0.699. The first-order valence-electron chi connectivity index (χ1n) is 7.77. The Hall–Kier alpha value is -1.91. The van der Waals surface area contributed by atoms with E-state index in [2.05, 4.69) is 21.2 Å². The van der Waals surface area contributed by atoms with Crippen LogP contribution >= 0.6 is 15.9 Å². The van der Waals surface area contributed by atoms with Crippen molar-refractivity contribution in [2.75, 3.05) is 18.4 Å². The first-order valence-corrected chi connectivity index (χ1v) is 10.00. The largest absolute Gasteiger partial charge is 0.416 e. The maximum atomic E-state index is 12.6. The van der Waals surface area contributed by atoms with Crippen molar-refractivity contribution in [3.63, 3.8) is 0 Å². The predicted molar refractivity (Wildman–Crippen MR) is 98.6 cm³/mol. The Morgan fingerprint density at radius 3 is 2.11 bits per heavy atom. The summed E-state index contributed by atoms with van der Waals surface area (Å²) in [6, 6.07) is 9.87. The number of alkyl halides is 3. The molecular formula is C17H16BrF3N2O3S. The molecule has 0 aliphatic carbocycles. The van der Waals surface area contributed by atoms with Crippen LogP contribution in [0.5, 0.6) is 0 Å². The maximum absolute atomic E-state index is 12.6. The van der Waals surface area contributed by atoms with Crippen molar-refractivity contribution in [2.45, 2.75) is 18.0 Å². The minimum Gasteiger partial charge on any atom is -0.325 e. The van der Waals surface area contributed by atoms with Crippen LogP contribution in [0.1, 0.15) is 12.5 Å². The summed E-state index contributed by atoms with van der Waals surface area (Å²) in [6.07, 6.45) is -4.47. The van der Waals surface area contributed by atoms with Crippen LogP contribution in [0.4, 0.5) is 18.9 Å². The van der Waals surface area contributed by atoms with Crippen LogP contribution in [0.2, 0.25) is 0 Å². The Kier molecular flexibility index (Phi) is 6.66. The Morgan fingerprint density at radius 2 is 1.63 bits per heavy atom. The van der Waals surface area contributed by atoms with Crippen LogP contribution in [0, 0.1) is 0 Å². The molecule has 0 atom stereocenters. The molecule has 0 saturated heterocycles. The lowest BCUT2D eigenvalue weighted by Crippen LogP contribution is -2.37. The molecule has 10 heteroatoms. The lowest BCUT2D eigenvalue weighted by molar-refractivity contribution is -0.137. The van der Waals surface area contributed by atoms with Crippen LogP contribution in [-0.4, -0.2) is 31.7 Å². The smallest absolute Gasteiger partial charge is 0.325 e. The van der Waals surface area contributed by atoms with Crippen LogP contribution in [0.15, 0.2) is 57.9 Å². The number of likely N-dealkylation sites (N-methyl/N-ethyl adjacent to an activating group) is 1. The van der Waals surface area contributed by atoms with E-state index in [-0.39, 0.29) is 17.1 Å². The van der Waals surface area contributed by atoms with Crippen molar-refractivity contribution in [3.05, 3.63) is 58.6 Å². The van der Waals surface area contributed by atoms with Gasteiger partial charge in [-0.3, -0.25) is 4.79 Å². The predicted octanol–water partition coefficient (Wildman–Crippen LogP) is 4.12. The third kappa shape index (κ3) is 5.53. The van der Waals surface area contributed by atoms with E-state index in [4.69, 9.17) is 0 Å². The molecule has 0 bridgehead atoms. The second-order valence-electron chi connectivity index (χ2n) is 5.51. The molecule has 27 heavy (non-hydrogen) atoms. The third-order valence-corrected chi connectivity index (χ3v) is 6.08. The fraction of sp³-hybridized carbons (Fsp3) is 0.235. The van der Waals surface area contributed by atoms with Gasteiger partial charge in [0.05, 0.1) is 17.0 Å². The second-order valence-corrected chi connectivity index (χ2v) is 8.36. The van der Waals surface area contributed by atoms with Crippen LogP contribution < -0.4 is 5.32 Å². The molecule has 5 nitrogen and oxygen atoms in total. The summed E-state index contributed by atoms with van der Waals surface area (Å²) in [7, 11) is -3.88. The molecule has 0 unspecified atom stereocenters. The molecule has 0 aliphatic heterocycles. The molecule has 2 aromatic rings. The molecule has 0 spiro atoms. The number of hydrogen-bond donors (Lipinski definition) is 1. The maximum Gasteiger partial charge on any atom is 0.416 e. The molecule has 0 aromatic heterocycles. The van der Waals surface area contributed by atoms with E-state index in [1.165, 1.54) is 12.1 Å². The highest BCUT2D eigenvalue weighted by Gasteiger charge is 2.30. The Morgan fingerprint density at radius 1 is 1.07 bits per heavy atom. The van der Waals surface area contributed by atoms with E-state index < -0.39 is 34.2 Å². The number of benzene rings is 2. The summed E-state index contributed by atoms with van der Waals surface area (Å²) in [4.78, 5) is 12.2. The summed E-state index contributed by atoms with van der Waals surface area (Å²) >= 11 is 3.22. The number of hydrogen-bond acceptors (Lipinski definition) is 3. The van der Waals surface area contributed by atoms with Gasteiger partial charge in [-0.15, -0.1) is 0 Å². The SMILES string of the molecule is CCN(CC(=O)Nc1ccc(C(F)(F)F)cc1)S(=O)(=O)c1ccc(Br)cc1. The highest BCUT2D eigenvalue weighted by molar-refractivity contribution is 9.10. The number of halogens is 4. The van der Waals surface area contributed by atoms with Crippen molar-refractivity contribution >= 4 is 37.5 Å². The molecule has 146 valence electrons. The zero-order chi connectivity index (χ0) is 20.2. The third-order valence-electron chi connectivity index (χ3n) is 3.62. The number of carbonyl (C=O) groups excluding carboxylic acids is 1. The van der Waals surface area contributed by atoms with Gasteiger partial charge in [-0.05, 0) is 48.5 Å². The van der Waals surface area contributed by atoms with Crippen LogP contribution in [0.25, 0.3) is 0 Å². The number of amides is 1. The second kappa shape index (κ2) is 8.41. The monoisotopic (exact) mass is 464 g/mol. The van der Waals surface area contributed by atoms with Gasteiger partial charge >= 0.3 is 6.18 Å². The number of sulfonamides is 1. The lowest BCUT2D eigenvalue weighted by Gasteiger charge is -2.20. The number of nitrogens with zero attached hydrogens (tertiary/aromatic N) is 1. The zero-order valence-electron chi connectivity index (χ0n) is 14.1. The zero-order valence-corrected chi connectivity index (χ0v) is 16.5. The van der Waals surface area contributed by atoms with Crippen molar-refractivity contribution < 1.29 is 26.4 Å². The molecule has 0 aliphatic rings. The van der Waals surface area contributed by atoms with E-state index in [0.29, 0.717) is 4.47 Å². The van der Waals surface area contributed by atoms with Gasteiger partial charge in [-0.2, -0.15) is 17.5 Å². The molecule has 1 amide bonds. The fourth-order valence-corrected chi connectivity index (χ4v) is 3.90. The highest BCUT2D eigenvalue weighted by Crippen LogP contribution is 2.29. The number of carbonyl (C=O) groups is 1. The lowest BCUT2D eigenvalue weighted by atomic mass is 10.2. The minimum absolute atomic E-state index is 0.0369. The summed E-state index contributed by atoms with van der Waals surface area (Å²) in [5.74, 6) is -0.655. The number of rotatable bonds is 6. The number of nitrogens with one attached hydrogen (secondary N) is 1. The molecule has 2 rings (SSSR count). The molecule has 1 N–H and O–H groups in total. The van der Waals surface area contributed by atoms with E-state index in [1.807, 2.05) is 0 Å². The van der Waals surface area contributed by atoms with E-state index in [9.17, 15) is 26.4 Å². The van der Waals surface area contributed by atoms with Crippen molar-refractivity contribution in [1.29, 1.82) is 0 Å². The normalized spacial score (nSPS) is 12.2. The van der Waals surface area contributed by atoms with Crippen LogP contribution in [0.3, 0.4) is 0 Å². The van der Waals surface area contributed by atoms with Crippen molar-refractivity contribution in [3.8, 4) is 0 Å². The molecule has 0 radical (unpaired) electrons. The van der Waals surface area contributed by atoms with E-state index in [0.717, 1.165) is 28.6 Å². The molecule has 0 heterocycles. The van der Waals surface area contributed by atoms with Gasteiger partial charge in [-0.1, -0.05) is 22.9 Å². The topological polar surface area (TPSA) is 66.5 Å². The Bertz CT molecular complexity index is 899. The van der Waals surface area contributed by atoms with Gasteiger partial charge in [0.1, 0.15) is 0 Å². The van der Waals surface area contributed by atoms with Gasteiger partial charge < -0.3 is 5.32 Å². The van der Waals surface area contributed by atoms with E-state index >= 15 is 0 Å². The van der Waals surface area contributed by atoms with Gasteiger partial charge in [-0.25, -0.2) is 8.42 Å². The summed E-state index contributed by atoms with van der Waals surface area (Å²) < 4.78 is 64.6. The van der Waals surface area contributed by atoms with E-state index in [1.54, 1.807) is 19.1 Å². The first kappa shape index (κ1) is 21.4. The fourth-order valence-electron chi connectivity index (χ4n) is 2.23. The standard InChI is InChI=1S/C17H16BrF3N2O3S/c1-2-23(27(25,26)15-9-5-13(18)6-10-15)11-16(24)22-14-7-3-12(4-8-14)17(19,20)21/h3-10H,2,11H2,1H3,(H,22,24). The minimum atomic E-state index is -4.47.